The van der Waals surface area contributed by atoms with Crippen molar-refractivity contribution in [3.05, 3.63) is 11.8 Å². The summed E-state index contributed by atoms with van der Waals surface area (Å²) in [6.07, 6.45) is 1.44. The van der Waals surface area contributed by atoms with Crippen LogP contribution in [0.2, 0.25) is 0 Å². The van der Waals surface area contributed by atoms with Crippen LogP contribution in [0.4, 0.5) is 0 Å². The number of cyclic esters (lactones) is 2. The Bertz CT molecular complexity index is 648. The molecule has 0 N–H and O–H groups in total. The van der Waals surface area contributed by atoms with E-state index in [4.69, 9.17) is 18.9 Å². The molecular formula is C16H18O9. The highest BCUT2D eigenvalue weighted by atomic mass is 16.6. The van der Waals surface area contributed by atoms with Crippen LogP contribution in [-0.2, 0) is 42.9 Å². The molecule has 9 heteroatoms. The predicted molar refractivity (Wildman–Crippen MR) is 78.2 cm³/mol. The molecule has 0 unspecified atom stereocenters. The number of hydrogen-bond acceptors (Lipinski definition) is 9. The summed E-state index contributed by atoms with van der Waals surface area (Å²) < 4.78 is 19.7. The summed E-state index contributed by atoms with van der Waals surface area (Å²) in [5.74, 6) is -6.69. The van der Waals surface area contributed by atoms with E-state index < -0.39 is 53.5 Å². The van der Waals surface area contributed by atoms with Gasteiger partial charge in [-0.15, -0.1) is 0 Å². The average molecular weight is 354 g/mol. The zero-order valence-corrected chi connectivity index (χ0v) is 14.0. The van der Waals surface area contributed by atoms with Crippen molar-refractivity contribution in [3.8, 4) is 0 Å². The zero-order valence-electron chi connectivity index (χ0n) is 14.0. The van der Waals surface area contributed by atoms with Crippen LogP contribution in [0, 0.1) is 23.7 Å². The van der Waals surface area contributed by atoms with E-state index in [9.17, 15) is 24.0 Å². The minimum absolute atomic E-state index is 0.0822. The number of fused-ring (bicyclic) bond motifs is 1. The molecule has 4 atom stereocenters. The van der Waals surface area contributed by atoms with Gasteiger partial charge in [-0.2, -0.15) is 0 Å². The van der Waals surface area contributed by atoms with Gasteiger partial charge in [0.15, 0.2) is 0 Å². The summed E-state index contributed by atoms with van der Waals surface area (Å²) in [5, 5.41) is 0. The van der Waals surface area contributed by atoms with Crippen LogP contribution >= 0.6 is 0 Å². The van der Waals surface area contributed by atoms with Crippen LogP contribution in [0.25, 0.3) is 0 Å². The van der Waals surface area contributed by atoms with E-state index in [0.29, 0.717) is 0 Å². The third-order valence-electron chi connectivity index (χ3n) is 3.98. The van der Waals surface area contributed by atoms with Crippen LogP contribution < -0.4 is 0 Å². The molecule has 0 bridgehead atoms. The van der Waals surface area contributed by atoms with E-state index in [1.54, 1.807) is 0 Å². The summed E-state index contributed by atoms with van der Waals surface area (Å²) in [6, 6.07) is 0. The van der Waals surface area contributed by atoms with Gasteiger partial charge in [0.2, 0.25) is 0 Å². The van der Waals surface area contributed by atoms with Crippen molar-refractivity contribution in [2.75, 3.05) is 13.2 Å². The van der Waals surface area contributed by atoms with Gasteiger partial charge >= 0.3 is 29.8 Å². The van der Waals surface area contributed by atoms with Gasteiger partial charge in [-0.25, -0.2) is 0 Å². The van der Waals surface area contributed by atoms with Crippen LogP contribution in [0.5, 0.6) is 0 Å². The lowest BCUT2D eigenvalue weighted by atomic mass is 9.71. The Hall–Kier alpha value is -2.71. The minimum atomic E-state index is -0.994. The van der Waals surface area contributed by atoms with Crippen molar-refractivity contribution in [1.29, 1.82) is 0 Å². The highest BCUT2D eigenvalue weighted by Crippen LogP contribution is 2.44. The smallest absolute Gasteiger partial charge is 0.318 e. The lowest BCUT2D eigenvalue weighted by Gasteiger charge is -2.33. The Morgan fingerprint density at radius 3 is 2.04 bits per heavy atom. The largest absolute Gasteiger partial charge is 0.465 e. The van der Waals surface area contributed by atoms with Crippen molar-refractivity contribution in [2.45, 2.75) is 20.8 Å². The second-order valence-electron chi connectivity index (χ2n) is 5.83. The van der Waals surface area contributed by atoms with E-state index in [1.807, 2.05) is 0 Å². The van der Waals surface area contributed by atoms with Crippen LogP contribution in [0.1, 0.15) is 20.8 Å². The standard InChI is InChI=1S/C16H18O9/c1-7(17)22-5-10-4-12(24-9(3)19)11(6-23-8(2)18)14-13(10)15(20)25-16(14)21/h4,10-11,13-14H,5-6H2,1-3H3/t10-,11-,13+,14-/m0/s1. The number of esters is 5. The molecule has 0 aromatic carbocycles. The molecule has 0 spiro atoms. The SMILES string of the molecule is CC(=O)OC[C@@H]1C=C(OC(C)=O)[C@H](COC(C)=O)[C@@H]2C(=O)OC(=O)[C@@H]21. The molecule has 0 amide bonds. The third-order valence-corrected chi connectivity index (χ3v) is 3.98. The first-order valence-electron chi connectivity index (χ1n) is 7.63. The molecule has 1 saturated heterocycles. The Balaban J connectivity index is 2.38. The van der Waals surface area contributed by atoms with Crippen LogP contribution in [-0.4, -0.2) is 43.1 Å². The number of ether oxygens (including phenoxy) is 4. The molecule has 0 aromatic heterocycles. The third kappa shape index (κ3) is 4.23. The minimum Gasteiger partial charge on any atom is -0.465 e. The zero-order chi connectivity index (χ0) is 18.7. The van der Waals surface area contributed by atoms with E-state index in [0.717, 1.165) is 0 Å². The van der Waals surface area contributed by atoms with Crippen molar-refractivity contribution >= 4 is 29.8 Å². The van der Waals surface area contributed by atoms with Gasteiger partial charge < -0.3 is 18.9 Å². The maximum absolute atomic E-state index is 12.1. The highest BCUT2D eigenvalue weighted by Gasteiger charge is 2.56. The number of carbonyl (C=O) groups is 5. The molecule has 25 heavy (non-hydrogen) atoms. The molecule has 2 rings (SSSR count). The maximum atomic E-state index is 12.1. The summed E-state index contributed by atoms with van der Waals surface area (Å²) >= 11 is 0. The second-order valence-corrected chi connectivity index (χ2v) is 5.83. The fourth-order valence-electron chi connectivity index (χ4n) is 3.03. The first-order chi connectivity index (χ1) is 11.7. The molecule has 136 valence electrons. The quantitative estimate of drug-likeness (QED) is 0.385. The lowest BCUT2D eigenvalue weighted by molar-refractivity contribution is -0.156. The molecular weight excluding hydrogens is 336 g/mol. The molecule has 1 aliphatic heterocycles. The summed E-state index contributed by atoms with van der Waals surface area (Å²) in [7, 11) is 0. The highest BCUT2D eigenvalue weighted by molar-refractivity contribution is 5.97. The Morgan fingerprint density at radius 2 is 1.48 bits per heavy atom. The summed E-state index contributed by atoms with van der Waals surface area (Å²) in [4.78, 5) is 57.7. The predicted octanol–water partition coefficient (Wildman–Crippen LogP) is 0.121. The van der Waals surface area contributed by atoms with Gasteiger partial charge in [-0.1, -0.05) is 0 Å². The van der Waals surface area contributed by atoms with Gasteiger partial charge in [0, 0.05) is 26.7 Å². The van der Waals surface area contributed by atoms with Gasteiger partial charge in [-0.05, 0) is 6.08 Å². The van der Waals surface area contributed by atoms with Crippen molar-refractivity contribution in [1.82, 2.24) is 0 Å². The van der Waals surface area contributed by atoms with E-state index in [1.165, 1.54) is 26.8 Å². The maximum Gasteiger partial charge on any atom is 0.318 e. The second kappa shape index (κ2) is 7.45. The van der Waals surface area contributed by atoms with Crippen LogP contribution in [0.15, 0.2) is 11.8 Å². The van der Waals surface area contributed by atoms with E-state index >= 15 is 0 Å². The van der Waals surface area contributed by atoms with Crippen molar-refractivity contribution in [2.24, 2.45) is 23.7 Å². The monoisotopic (exact) mass is 354 g/mol. The fourth-order valence-corrected chi connectivity index (χ4v) is 3.03. The van der Waals surface area contributed by atoms with Gasteiger partial charge in [0.25, 0.3) is 0 Å². The van der Waals surface area contributed by atoms with E-state index in [-0.39, 0.29) is 19.0 Å². The van der Waals surface area contributed by atoms with Gasteiger partial charge in [0.1, 0.15) is 12.4 Å². The fraction of sp³-hybridized carbons (Fsp3) is 0.562. The number of hydrogen-bond donors (Lipinski definition) is 0. The molecule has 0 radical (unpaired) electrons. The molecule has 2 aliphatic rings. The molecule has 1 aliphatic carbocycles. The average Bonchev–Trinajstić information content (AvgIpc) is 2.78. The molecule has 1 fully saturated rings. The Morgan fingerprint density at radius 1 is 0.920 bits per heavy atom. The van der Waals surface area contributed by atoms with Crippen molar-refractivity contribution in [3.63, 3.8) is 0 Å². The van der Waals surface area contributed by atoms with Crippen molar-refractivity contribution < 1.29 is 42.9 Å². The van der Waals surface area contributed by atoms with E-state index in [2.05, 4.69) is 0 Å². The van der Waals surface area contributed by atoms with Crippen LogP contribution in [0.3, 0.4) is 0 Å². The number of carbonyl (C=O) groups excluding carboxylic acids is 5. The first kappa shape index (κ1) is 18.6. The summed E-state index contributed by atoms with van der Waals surface area (Å²) in [5.41, 5.74) is 0. The topological polar surface area (TPSA) is 122 Å². The van der Waals surface area contributed by atoms with Gasteiger partial charge in [-0.3, -0.25) is 24.0 Å². The molecule has 9 nitrogen and oxygen atoms in total. The first-order valence-corrected chi connectivity index (χ1v) is 7.63. The number of rotatable bonds is 5. The Kier molecular flexibility index (Phi) is 5.55. The molecule has 0 aromatic rings. The molecule has 0 saturated carbocycles. The Labute approximate surface area is 143 Å². The molecule has 1 heterocycles. The lowest BCUT2D eigenvalue weighted by Crippen LogP contribution is -2.41. The summed E-state index contributed by atoms with van der Waals surface area (Å²) in [6.45, 7) is 3.15. The normalized spacial score (nSPS) is 27.7. The van der Waals surface area contributed by atoms with Gasteiger partial charge in [0.05, 0.1) is 24.4 Å².